The van der Waals surface area contributed by atoms with Crippen LogP contribution in [0.5, 0.6) is 11.5 Å². The van der Waals surface area contributed by atoms with Crippen LogP contribution in [0.4, 0.5) is 0 Å². The average molecular weight is 360 g/mol. The van der Waals surface area contributed by atoms with Crippen LogP contribution in [-0.2, 0) is 6.61 Å². The fraction of sp³-hybridized carbons (Fsp3) is 0.0952. The molecule has 0 bridgehead atoms. The van der Waals surface area contributed by atoms with Crippen molar-refractivity contribution in [3.05, 3.63) is 83.2 Å². The maximum Gasteiger partial charge on any atom is 0.200 e. The van der Waals surface area contributed by atoms with Gasteiger partial charge in [0.15, 0.2) is 11.3 Å². The Morgan fingerprint density at radius 1 is 1.07 bits per heavy atom. The van der Waals surface area contributed by atoms with Crippen LogP contribution in [-0.4, -0.2) is 17.1 Å². The SMILES string of the molecule is COc1cc(OCc2ccccc2)c2occ(-c3cncnc3)c(=O)c2c1. The molecule has 0 fully saturated rings. The standard InChI is InChI=1S/C21H16N2O4/c1-25-16-7-17-20(24)18(15-9-22-13-23-10-15)12-27-21(17)19(8-16)26-11-14-5-3-2-4-6-14/h2-10,12-13H,11H2,1H3. The fourth-order valence-electron chi connectivity index (χ4n) is 2.78. The molecule has 6 nitrogen and oxygen atoms in total. The van der Waals surface area contributed by atoms with Crippen LogP contribution in [0.25, 0.3) is 22.1 Å². The van der Waals surface area contributed by atoms with E-state index in [0.717, 1.165) is 5.56 Å². The Morgan fingerprint density at radius 3 is 2.59 bits per heavy atom. The summed E-state index contributed by atoms with van der Waals surface area (Å²) in [5.41, 5.74) is 2.15. The average Bonchev–Trinajstić information content (AvgIpc) is 2.73. The van der Waals surface area contributed by atoms with Crippen molar-refractivity contribution in [2.45, 2.75) is 6.61 Å². The lowest BCUT2D eigenvalue weighted by Gasteiger charge is -2.11. The van der Waals surface area contributed by atoms with Crippen molar-refractivity contribution < 1.29 is 13.9 Å². The molecule has 0 atom stereocenters. The van der Waals surface area contributed by atoms with Gasteiger partial charge in [0.1, 0.15) is 24.9 Å². The first-order chi connectivity index (χ1) is 13.3. The molecule has 0 aliphatic carbocycles. The smallest absolute Gasteiger partial charge is 0.200 e. The summed E-state index contributed by atoms with van der Waals surface area (Å²) in [5.74, 6) is 0.959. The number of benzene rings is 2. The minimum Gasteiger partial charge on any atom is -0.497 e. The largest absolute Gasteiger partial charge is 0.497 e. The van der Waals surface area contributed by atoms with Crippen LogP contribution in [0.2, 0.25) is 0 Å². The summed E-state index contributed by atoms with van der Waals surface area (Å²) in [6, 6.07) is 13.1. The van der Waals surface area contributed by atoms with E-state index in [1.54, 1.807) is 31.6 Å². The van der Waals surface area contributed by atoms with Crippen LogP contribution in [0.1, 0.15) is 5.56 Å². The normalized spacial score (nSPS) is 10.7. The van der Waals surface area contributed by atoms with E-state index in [0.29, 0.717) is 40.2 Å². The summed E-state index contributed by atoms with van der Waals surface area (Å²) < 4.78 is 17.0. The molecular weight excluding hydrogens is 344 g/mol. The minimum atomic E-state index is -0.200. The number of nitrogens with zero attached hydrogens (tertiary/aromatic N) is 2. The Balaban J connectivity index is 1.80. The van der Waals surface area contributed by atoms with Crippen molar-refractivity contribution in [3.63, 3.8) is 0 Å². The van der Waals surface area contributed by atoms with Gasteiger partial charge in [0.05, 0.1) is 18.1 Å². The molecule has 0 saturated carbocycles. The fourth-order valence-corrected chi connectivity index (χ4v) is 2.78. The number of rotatable bonds is 5. The molecule has 27 heavy (non-hydrogen) atoms. The van der Waals surface area contributed by atoms with Crippen LogP contribution in [0, 0.1) is 0 Å². The van der Waals surface area contributed by atoms with E-state index in [-0.39, 0.29) is 5.43 Å². The zero-order valence-electron chi connectivity index (χ0n) is 14.6. The molecule has 0 N–H and O–H groups in total. The lowest BCUT2D eigenvalue weighted by atomic mass is 10.1. The number of methoxy groups -OCH3 is 1. The van der Waals surface area contributed by atoms with Crippen LogP contribution in [0.15, 0.2) is 76.7 Å². The molecule has 134 valence electrons. The highest BCUT2D eigenvalue weighted by atomic mass is 16.5. The highest BCUT2D eigenvalue weighted by molar-refractivity contribution is 5.87. The third kappa shape index (κ3) is 3.37. The van der Waals surface area contributed by atoms with Gasteiger partial charge < -0.3 is 13.9 Å². The van der Waals surface area contributed by atoms with E-state index in [1.165, 1.54) is 12.6 Å². The van der Waals surface area contributed by atoms with E-state index in [1.807, 2.05) is 30.3 Å². The molecule has 0 aliphatic heterocycles. The second kappa shape index (κ2) is 7.29. The van der Waals surface area contributed by atoms with Crippen molar-refractivity contribution in [3.8, 4) is 22.6 Å². The molecule has 2 heterocycles. The molecule has 0 aliphatic rings. The molecular formula is C21H16N2O4. The molecule has 0 saturated heterocycles. The van der Waals surface area contributed by atoms with E-state index < -0.39 is 0 Å². The number of hydrogen-bond donors (Lipinski definition) is 0. The summed E-state index contributed by atoms with van der Waals surface area (Å²) in [4.78, 5) is 20.9. The molecule has 0 unspecified atom stereocenters. The Hall–Kier alpha value is -3.67. The van der Waals surface area contributed by atoms with Gasteiger partial charge in [0.2, 0.25) is 5.43 Å². The highest BCUT2D eigenvalue weighted by Gasteiger charge is 2.15. The van der Waals surface area contributed by atoms with Gasteiger partial charge in [-0.05, 0) is 11.6 Å². The van der Waals surface area contributed by atoms with Crippen molar-refractivity contribution in [2.24, 2.45) is 0 Å². The Kier molecular flexibility index (Phi) is 4.53. The summed E-state index contributed by atoms with van der Waals surface area (Å²) in [5, 5.41) is 0.374. The third-order valence-electron chi connectivity index (χ3n) is 4.16. The maximum absolute atomic E-state index is 13.0. The maximum atomic E-state index is 13.0. The second-order valence-electron chi connectivity index (χ2n) is 5.88. The lowest BCUT2D eigenvalue weighted by molar-refractivity contribution is 0.302. The van der Waals surface area contributed by atoms with Crippen molar-refractivity contribution >= 4 is 11.0 Å². The highest BCUT2D eigenvalue weighted by Crippen LogP contribution is 2.31. The number of fused-ring (bicyclic) bond motifs is 1. The van der Waals surface area contributed by atoms with E-state index >= 15 is 0 Å². The quantitative estimate of drug-likeness (QED) is 0.538. The van der Waals surface area contributed by atoms with Gasteiger partial charge >= 0.3 is 0 Å². The van der Waals surface area contributed by atoms with E-state index in [9.17, 15) is 4.79 Å². The molecule has 0 spiro atoms. The second-order valence-corrected chi connectivity index (χ2v) is 5.88. The van der Waals surface area contributed by atoms with Crippen LogP contribution >= 0.6 is 0 Å². The Morgan fingerprint density at radius 2 is 1.85 bits per heavy atom. The van der Waals surface area contributed by atoms with Crippen LogP contribution < -0.4 is 14.9 Å². The predicted octanol–water partition coefficient (Wildman–Crippen LogP) is 3.84. The molecule has 4 aromatic rings. The van der Waals surface area contributed by atoms with Crippen molar-refractivity contribution in [1.29, 1.82) is 0 Å². The Labute approximate surface area is 155 Å². The van der Waals surface area contributed by atoms with Gasteiger partial charge in [-0.1, -0.05) is 30.3 Å². The first kappa shape index (κ1) is 16.8. The van der Waals surface area contributed by atoms with Crippen molar-refractivity contribution in [1.82, 2.24) is 9.97 Å². The summed E-state index contributed by atoms with van der Waals surface area (Å²) in [6.45, 7) is 0.348. The zero-order chi connectivity index (χ0) is 18.6. The number of hydrogen-bond acceptors (Lipinski definition) is 6. The molecule has 0 amide bonds. The van der Waals surface area contributed by atoms with E-state index in [2.05, 4.69) is 9.97 Å². The molecule has 6 heteroatoms. The first-order valence-electron chi connectivity index (χ1n) is 8.32. The number of aromatic nitrogens is 2. The summed E-state index contributed by atoms with van der Waals surface area (Å²) in [6.07, 6.45) is 5.95. The predicted molar refractivity (Wildman–Crippen MR) is 101 cm³/mol. The third-order valence-corrected chi connectivity index (χ3v) is 4.16. The molecule has 2 aromatic heterocycles. The number of ether oxygens (including phenoxy) is 2. The van der Waals surface area contributed by atoms with Gasteiger partial charge in [0.25, 0.3) is 0 Å². The van der Waals surface area contributed by atoms with Gasteiger partial charge in [-0.3, -0.25) is 4.79 Å². The minimum absolute atomic E-state index is 0.200. The first-order valence-corrected chi connectivity index (χ1v) is 8.32. The summed E-state index contributed by atoms with van der Waals surface area (Å²) in [7, 11) is 1.54. The molecule has 4 rings (SSSR count). The lowest BCUT2D eigenvalue weighted by Crippen LogP contribution is -2.07. The van der Waals surface area contributed by atoms with Gasteiger partial charge in [-0.2, -0.15) is 0 Å². The molecule has 0 radical (unpaired) electrons. The molecule has 2 aromatic carbocycles. The van der Waals surface area contributed by atoms with Crippen molar-refractivity contribution in [2.75, 3.05) is 7.11 Å². The topological polar surface area (TPSA) is 74.5 Å². The van der Waals surface area contributed by atoms with Gasteiger partial charge in [-0.15, -0.1) is 0 Å². The van der Waals surface area contributed by atoms with Gasteiger partial charge in [0, 0.05) is 24.0 Å². The summed E-state index contributed by atoms with van der Waals surface area (Å²) >= 11 is 0. The Bertz CT molecular complexity index is 1130. The monoisotopic (exact) mass is 360 g/mol. The zero-order valence-corrected chi connectivity index (χ0v) is 14.6. The van der Waals surface area contributed by atoms with Crippen LogP contribution in [0.3, 0.4) is 0 Å². The van der Waals surface area contributed by atoms with E-state index in [4.69, 9.17) is 13.9 Å². The van der Waals surface area contributed by atoms with Gasteiger partial charge in [-0.25, -0.2) is 9.97 Å².